The number of anilines is 2. The first-order valence-electron chi connectivity index (χ1n) is 8.31. The van der Waals surface area contributed by atoms with E-state index in [0.717, 1.165) is 36.5 Å². The van der Waals surface area contributed by atoms with Gasteiger partial charge >= 0.3 is 0 Å². The topological polar surface area (TPSA) is 96.2 Å². The lowest BCUT2D eigenvalue weighted by Gasteiger charge is -2.23. The summed E-state index contributed by atoms with van der Waals surface area (Å²) in [5.74, 6) is 1.32. The van der Waals surface area contributed by atoms with Gasteiger partial charge in [-0.15, -0.1) is 0 Å². The molecule has 0 aromatic carbocycles. The van der Waals surface area contributed by atoms with E-state index in [0.29, 0.717) is 25.1 Å². The van der Waals surface area contributed by atoms with Gasteiger partial charge in [0.25, 0.3) is 0 Å². The second-order valence-electron chi connectivity index (χ2n) is 6.41. The highest BCUT2D eigenvalue weighted by atomic mass is 16.2. The number of fused-ring (bicyclic) bond motifs is 1. The van der Waals surface area contributed by atoms with Crippen LogP contribution in [0.5, 0.6) is 0 Å². The van der Waals surface area contributed by atoms with Gasteiger partial charge < -0.3 is 16.0 Å². The van der Waals surface area contributed by atoms with Gasteiger partial charge in [0.15, 0.2) is 0 Å². The van der Waals surface area contributed by atoms with Crippen molar-refractivity contribution < 1.29 is 4.79 Å². The van der Waals surface area contributed by atoms with E-state index >= 15 is 0 Å². The Morgan fingerprint density at radius 2 is 2.13 bits per heavy atom. The van der Waals surface area contributed by atoms with Crippen molar-refractivity contribution in [3.8, 4) is 0 Å². The van der Waals surface area contributed by atoms with Crippen molar-refractivity contribution in [1.82, 2.24) is 20.2 Å². The molecule has 7 nitrogen and oxygen atoms in total. The number of nitrogen functional groups attached to an aromatic ring is 1. The van der Waals surface area contributed by atoms with E-state index in [9.17, 15) is 4.79 Å². The van der Waals surface area contributed by atoms with Crippen LogP contribution in [0.4, 0.5) is 11.8 Å². The van der Waals surface area contributed by atoms with Gasteiger partial charge in [-0.25, -0.2) is 4.98 Å². The fourth-order valence-corrected chi connectivity index (χ4v) is 3.21. The van der Waals surface area contributed by atoms with Crippen molar-refractivity contribution >= 4 is 17.7 Å². The molecule has 23 heavy (non-hydrogen) atoms. The van der Waals surface area contributed by atoms with Crippen molar-refractivity contribution in [2.75, 3.05) is 30.7 Å². The number of amides is 1. The van der Waals surface area contributed by atoms with Crippen LogP contribution in [0.1, 0.15) is 24.1 Å². The fraction of sp³-hybridized carbons (Fsp3) is 0.562. The van der Waals surface area contributed by atoms with Crippen LogP contribution in [0.2, 0.25) is 0 Å². The third kappa shape index (κ3) is 3.01. The second kappa shape index (κ2) is 5.81. The summed E-state index contributed by atoms with van der Waals surface area (Å²) in [6.45, 7) is 2.14. The summed E-state index contributed by atoms with van der Waals surface area (Å²) in [5, 5.41) is 6.64. The predicted octanol–water partition coefficient (Wildman–Crippen LogP) is 0.0883. The molecule has 1 saturated carbocycles. The van der Waals surface area contributed by atoms with E-state index in [1.165, 1.54) is 12.8 Å². The number of carbonyl (C=O) groups is 1. The van der Waals surface area contributed by atoms with Crippen LogP contribution in [-0.4, -0.2) is 52.5 Å². The minimum absolute atomic E-state index is 0.143. The van der Waals surface area contributed by atoms with Crippen LogP contribution < -0.4 is 16.4 Å². The molecule has 0 radical (unpaired) electrons. The number of nitrogens with two attached hydrogens (primary N) is 1. The van der Waals surface area contributed by atoms with Crippen LogP contribution in [-0.2, 0) is 17.6 Å². The maximum absolute atomic E-state index is 12.6. The standard InChI is InChI=1S/C16H22N6O/c17-16-20-12-6-9-22(15(23)13-2-1-7-18-13)8-5-11(12)14(21-16)19-10-3-4-10/h1-2,10,13,18H,3-9H2,(H3,17,19,20,21). The Labute approximate surface area is 135 Å². The SMILES string of the molecule is Nc1nc2c(c(NC3CC3)n1)CCN(C(=O)C1C=CCN1)CC2. The minimum atomic E-state index is -0.184. The quantitative estimate of drug-likeness (QED) is 0.684. The van der Waals surface area contributed by atoms with Crippen molar-refractivity contribution in [2.24, 2.45) is 0 Å². The molecule has 1 fully saturated rings. The summed E-state index contributed by atoms with van der Waals surface area (Å²) < 4.78 is 0. The second-order valence-corrected chi connectivity index (χ2v) is 6.41. The fourth-order valence-electron chi connectivity index (χ4n) is 3.21. The summed E-state index contributed by atoms with van der Waals surface area (Å²) in [5.41, 5.74) is 7.96. The number of carbonyl (C=O) groups excluding carboxylic acids is 1. The van der Waals surface area contributed by atoms with Crippen molar-refractivity contribution in [3.05, 3.63) is 23.4 Å². The minimum Gasteiger partial charge on any atom is -0.368 e. The van der Waals surface area contributed by atoms with Crippen LogP contribution in [0, 0.1) is 0 Å². The highest BCUT2D eigenvalue weighted by Crippen LogP contribution is 2.28. The van der Waals surface area contributed by atoms with E-state index in [4.69, 9.17) is 5.73 Å². The average molecular weight is 314 g/mol. The first-order chi connectivity index (χ1) is 11.2. The van der Waals surface area contributed by atoms with E-state index < -0.39 is 0 Å². The molecule has 3 aliphatic rings. The van der Waals surface area contributed by atoms with Crippen LogP contribution in [0.25, 0.3) is 0 Å². The van der Waals surface area contributed by atoms with Gasteiger partial charge in [-0.05, 0) is 19.3 Å². The third-order valence-corrected chi connectivity index (χ3v) is 4.64. The van der Waals surface area contributed by atoms with Crippen LogP contribution in [0.3, 0.4) is 0 Å². The van der Waals surface area contributed by atoms with Crippen molar-refractivity contribution in [1.29, 1.82) is 0 Å². The molecule has 3 heterocycles. The largest absolute Gasteiger partial charge is 0.368 e. The first-order valence-corrected chi connectivity index (χ1v) is 8.31. The Bertz CT molecular complexity index is 654. The zero-order chi connectivity index (χ0) is 15.8. The van der Waals surface area contributed by atoms with Crippen LogP contribution >= 0.6 is 0 Å². The molecule has 0 saturated heterocycles. The summed E-state index contributed by atoms with van der Waals surface area (Å²) in [6, 6.07) is 0.332. The molecule has 1 atom stereocenters. The average Bonchev–Trinajstić information content (AvgIpc) is 3.22. The van der Waals surface area contributed by atoms with E-state index in [1.54, 1.807) is 0 Å². The summed E-state index contributed by atoms with van der Waals surface area (Å²) in [6.07, 6.45) is 7.81. The molecule has 1 aliphatic carbocycles. The number of nitrogens with zero attached hydrogens (tertiary/aromatic N) is 3. The predicted molar refractivity (Wildman–Crippen MR) is 88.0 cm³/mol. The van der Waals surface area contributed by atoms with Gasteiger partial charge in [-0.2, -0.15) is 4.98 Å². The number of hydrogen-bond acceptors (Lipinski definition) is 6. The number of nitrogens with one attached hydrogen (secondary N) is 2. The highest BCUT2D eigenvalue weighted by molar-refractivity contribution is 5.84. The Morgan fingerprint density at radius 3 is 2.87 bits per heavy atom. The van der Waals surface area contributed by atoms with Gasteiger partial charge in [-0.3, -0.25) is 10.1 Å². The number of rotatable bonds is 3. The van der Waals surface area contributed by atoms with Gasteiger partial charge in [-0.1, -0.05) is 12.2 Å². The molecule has 2 aliphatic heterocycles. The van der Waals surface area contributed by atoms with Gasteiger partial charge in [0.2, 0.25) is 11.9 Å². The molecule has 4 N–H and O–H groups in total. The molecule has 1 unspecified atom stereocenters. The van der Waals surface area contributed by atoms with Gasteiger partial charge in [0, 0.05) is 37.7 Å². The van der Waals surface area contributed by atoms with E-state index in [-0.39, 0.29) is 11.9 Å². The van der Waals surface area contributed by atoms with Gasteiger partial charge in [0.05, 0.1) is 5.69 Å². The molecule has 1 amide bonds. The van der Waals surface area contributed by atoms with E-state index in [2.05, 4.69) is 20.6 Å². The summed E-state index contributed by atoms with van der Waals surface area (Å²) >= 11 is 0. The Kier molecular flexibility index (Phi) is 3.65. The Hall–Kier alpha value is -2.15. The molecule has 0 spiro atoms. The molecular formula is C16H22N6O. The van der Waals surface area contributed by atoms with Crippen molar-refractivity contribution in [3.63, 3.8) is 0 Å². The zero-order valence-electron chi connectivity index (χ0n) is 13.1. The maximum atomic E-state index is 12.6. The molecule has 0 bridgehead atoms. The lowest BCUT2D eigenvalue weighted by molar-refractivity contribution is -0.131. The highest BCUT2D eigenvalue weighted by Gasteiger charge is 2.29. The summed E-state index contributed by atoms with van der Waals surface area (Å²) in [7, 11) is 0. The zero-order valence-corrected chi connectivity index (χ0v) is 13.1. The number of hydrogen-bond donors (Lipinski definition) is 3. The Morgan fingerprint density at radius 1 is 1.30 bits per heavy atom. The molecular weight excluding hydrogens is 292 g/mol. The molecule has 4 rings (SSSR count). The van der Waals surface area contributed by atoms with Crippen molar-refractivity contribution in [2.45, 2.75) is 37.8 Å². The molecule has 7 heteroatoms. The normalized spacial score (nSPS) is 23.5. The lowest BCUT2D eigenvalue weighted by atomic mass is 10.1. The maximum Gasteiger partial charge on any atom is 0.243 e. The Balaban J connectivity index is 1.53. The summed E-state index contributed by atoms with van der Waals surface area (Å²) in [4.78, 5) is 23.3. The molecule has 1 aromatic rings. The molecule has 1 aromatic heterocycles. The third-order valence-electron chi connectivity index (χ3n) is 4.64. The monoisotopic (exact) mass is 314 g/mol. The van der Waals surface area contributed by atoms with E-state index in [1.807, 2.05) is 17.1 Å². The number of aromatic nitrogens is 2. The first kappa shape index (κ1) is 14.4. The molecule has 122 valence electrons. The van der Waals surface area contributed by atoms with Crippen LogP contribution in [0.15, 0.2) is 12.2 Å². The van der Waals surface area contributed by atoms with Gasteiger partial charge in [0.1, 0.15) is 11.9 Å². The smallest absolute Gasteiger partial charge is 0.243 e. The lowest BCUT2D eigenvalue weighted by Crippen LogP contribution is -2.44.